The molecule has 90 valence electrons. The van der Waals surface area contributed by atoms with Crippen molar-refractivity contribution in [3.63, 3.8) is 0 Å². The molecule has 1 rings (SSSR count). The maximum absolute atomic E-state index is 11.0. The lowest BCUT2D eigenvalue weighted by Gasteiger charge is -2.27. The summed E-state index contributed by atoms with van der Waals surface area (Å²) in [7, 11) is -8.02. The van der Waals surface area contributed by atoms with Gasteiger partial charge >= 0.3 is 21.0 Å². The van der Waals surface area contributed by atoms with Crippen LogP contribution in [0.25, 0.3) is 0 Å². The van der Waals surface area contributed by atoms with Crippen molar-refractivity contribution in [2.24, 2.45) is 0 Å². The molecule has 0 aliphatic carbocycles. The predicted molar refractivity (Wildman–Crippen MR) is 56.7 cm³/mol. The number of hydrogen-bond acceptors (Lipinski definition) is 4. The summed E-state index contributed by atoms with van der Waals surface area (Å²) in [6.07, 6.45) is 4.58. The van der Waals surface area contributed by atoms with E-state index in [-0.39, 0.29) is 6.54 Å². The monoisotopic (exact) mass is 268 g/mol. The van der Waals surface area contributed by atoms with Crippen LogP contribution in [0.1, 0.15) is 0 Å². The van der Waals surface area contributed by atoms with Gasteiger partial charge in [0.25, 0.3) is 0 Å². The molecule has 1 aliphatic heterocycles. The summed E-state index contributed by atoms with van der Waals surface area (Å²) in [5.74, 6) is 0. The number of allylic oxidation sites excluding steroid dienone is 2. The number of hydrogen-bond donors (Lipinski definition) is 4. The summed E-state index contributed by atoms with van der Waals surface area (Å²) in [6, 6.07) is 0. The highest BCUT2D eigenvalue weighted by Gasteiger charge is 2.52. The van der Waals surface area contributed by atoms with E-state index in [9.17, 15) is 14.2 Å². The highest BCUT2D eigenvalue weighted by atomic mass is 31.2. The van der Waals surface area contributed by atoms with Gasteiger partial charge in [0.1, 0.15) is 0 Å². The predicted octanol–water partition coefficient (Wildman–Crippen LogP) is -0.0712. The van der Waals surface area contributed by atoms with Crippen LogP contribution in [0.2, 0.25) is 0 Å². The van der Waals surface area contributed by atoms with Gasteiger partial charge in [-0.15, -0.1) is 0 Å². The van der Waals surface area contributed by atoms with E-state index in [2.05, 4.69) is 0 Å². The molecule has 9 heteroatoms. The van der Waals surface area contributed by atoms with Crippen molar-refractivity contribution in [1.82, 2.24) is 4.90 Å². The molecule has 16 heavy (non-hydrogen) atoms. The lowest BCUT2D eigenvalue weighted by molar-refractivity contribution is 0.0498. The van der Waals surface area contributed by atoms with Crippen LogP contribution in [0.4, 0.5) is 0 Å². The molecule has 3 atom stereocenters. The first-order valence-corrected chi connectivity index (χ1v) is 7.28. The second kappa shape index (κ2) is 5.19. The van der Waals surface area contributed by atoms with Gasteiger partial charge in [0.2, 0.25) is 0 Å². The summed E-state index contributed by atoms with van der Waals surface area (Å²) in [4.78, 5) is 27.8. The van der Waals surface area contributed by atoms with Gasteiger partial charge in [0.05, 0.1) is 0 Å². The minimum absolute atomic E-state index is 0.220. The van der Waals surface area contributed by atoms with E-state index in [1.54, 1.807) is 18.2 Å². The Bertz CT molecular complexity index is 375. The molecule has 0 aromatic carbocycles. The Balaban J connectivity index is 2.87. The van der Waals surface area contributed by atoms with E-state index in [1.807, 2.05) is 0 Å². The molecule has 0 amide bonds. The summed E-state index contributed by atoms with van der Waals surface area (Å²) in [6.45, 7) is 0.220. The zero-order valence-electron chi connectivity index (χ0n) is 8.12. The molecule has 0 aromatic heterocycles. The van der Waals surface area contributed by atoms with Gasteiger partial charge in [-0.2, -0.15) is 4.89 Å². The summed E-state index contributed by atoms with van der Waals surface area (Å²) >= 11 is 0. The highest BCUT2D eigenvalue weighted by molar-refractivity contribution is 7.65. The Kier molecular flexibility index (Phi) is 4.38. The fourth-order valence-corrected chi connectivity index (χ4v) is 3.21. The van der Waals surface area contributed by atoms with Gasteiger partial charge in [-0.1, -0.05) is 12.2 Å². The molecule has 7 nitrogen and oxygen atoms in total. The van der Waals surface area contributed by atoms with Gasteiger partial charge in [0, 0.05) is 12.7 Å². The molecule has 0 saturated heterocycles. The summed E-state index contributed by atoms with van der Waals surface area (Å²) < 4.78 is 21.8. The Labute approximate surface area is 92.7 Å². The van der Waals surface area contributed by atoms with Gasteiger partial charge < -0.3 is 19.8 Å². The molecule has 1 aliphatic rings. The van der Waals surface area contributed by atoms with E-state index >= 15 is 0 Å². The van der Waals surface area contributed by atoms with E-state index in [0.29, 0.717) is 0 Å². The SMILES string of the molecule is O=[P+](O)C(C(O)N1C=CC=CC1)P(=O)(O)O. The first-order valence-electron chi connectivity index (χ1n) is 4.31. The molecule has 3 unspecified atom stereocenters. The van der Waals surface area contributed by atoms with E-state index < -0.39 is 27.3 Å². The fourth-order valence-electron chi connectivity index (χ4n) is 1.27. The molecule has 1 heterocycles. The van der Waals surface area contributed by atoms with Crippen LogP contribution in [0, 0.1) is 0 Å². The molecule has 0 fully saturated rings. The second-order valence-corrected chi connectivity index (χ2v) is 6.49. The third-order valence-electron chi connectivity index (χ3n) is 2.02. The minimum atomic E-state index is -4.84. The minimum Gasteiger partial charge on any atom is -0.369 e. The van der Waals surface area contributed by atoms with Crippen molar-refractivity contribution in [2.75, 3.05) is 6.54 Å². The van der Waals surface area contributed by atoms with E-state index in [0.717, 1.165) is 0 Å². The molecular formula is C7H12NO6P2+. The van der Waals surface area contributed by atoms with Crippen molar-refractivity contribution in [3.05, 3.63) is 24.4 Å². The van der Waals surface area contributed by atoms with Crippen molar-refractivity contribution in [3.8, 4) is 0 Å². The standard InChI is InChI=1S/C7H11NO6P2/c9-6(8-4-2-1-3-5-8)7(15(10)11)16(12,13)14/h1-4,6-7,9H,5H2,(H2-,10,11,12,13,14)/p+1. The fraction of sp³-hybridized carbons (Fsp3) is 0.429. The molecule has 0 aromatic rings. The van der Waals surface area contributed by atoms with Gasteiger partial charge in [0.15, 0.2) is 6.23 Å². The molecule has 0 radical (unpaired) electrons. The largest absolute Gasteiger partial charge is 0.526 e. The van der Waals surface area contributed by atoms with Crippen LogP contribution >= 0.6 is 15.6 Å². The van der Waals surface area contributed by atoms with Crippen LogP contribution < -0.4 is 0 Å². The number of rotatable bonds is 4. The van der Waals surface area contributed by atoms with Crippen LogP contribution in [0.3, 0.4) is 0 Å². The van der Waals surface area contributed by atoms with Crippen LogP contribution in [-0.4, -0.2) is 42.9 Å². The van der Waals surface area contributed by atoms with Crippen molar-refractivity contribution in [1.29, 1.82) is 0 Å². The lowest BCUT2D eigenvalue weighted by atomic mass is 10.3. The number of nitrogens with zero attached hydrogens (tertiary/aromatic N) is 1. The smallest absolute Gasteiger partial charge is 0.369 e. The zero-order chi connectivity index (χ0) is 12.3. The summed E-state index contributed by atoms with van der Waals surface area (Å²) in [5, 5.41) is 7.64. The normalized spacial score (nSPS) is 20.8. The number of aliphatic hydroxyl groups excluding tert-OH is 1. The third kappa shape index (κ3) is 3.22. The van der Waals surface area contributed by atoms with Gasteiger partial charge in [-0.05, 0) is 10.6 Å². The third-order valence-corrected chi connectivity index (χ3v) is 5.19. The molecule has 0 bridgehead atoms. The first kappa shape index (κ1) is 13.5. The Morgan fingerprint density at radius 2 is 2.00 bits per heavy atom. The van der Waals surface area contributed by atoms with E-state index in [4.69, 9.17) is 14.7 Å². The molecule has 0 spiro atoms. The average molecular weight is 268 g/mol. The molecule has 4 N–H and O–H groups in total. The first-order chi connectivity index (χ1) is 7.34. The second-order valence-electron chi connectivity index (χ2n) is 3.19. The maximum Gasteiger partial charge on any atom is 0.526 e. The Morgan fingerprint density at radius 3 is 2.38 bits per heavy atom. The van der Waals surface area contributed by atoms with Crippen molar-refractivity contribution >= 4 is 15.6 Å². The topological polar surface area (TPSA) is 118 Å². The Hall–Kier alpha value is -0.550. The number of aliphatic hydroxyl groups is 1. The summed E-state index contributed by atoms with van der Waals surface area (Å²) in [5.41, 5.74) is 0. The van der Waals surface area contributed by atoms with Crippen LogP contribution in [-0.2, 0) is 9.13 Å². The quantitative estimate of drug-likeness (QED) is 0.527. The Morgan fingerprint density at radius 1 is 1.38 bits per heavy atom. The zero-order valence-corrected chi connectivity index (χ0v) is 9.91. The molecule has 0 saturated carbocycles. The lowest BCUT2D eigenvalue weighted by Crippen LogP contribution is -2.39. The van der Waals surface area contributed by atoms with E-state index in [1.165, 1.54) is 11.1 Å². The van der Waals surface area contributed by atoms with Gasteiger partial charge in [-0.25, -0.2) is 0 Å². The highest BCUT2D eigenvalue weighted by Crippen LogP contribution is 2.53. The molecular weight excluding hydrogens is 256 g/mol. The van der Waals surface area contributed by atoms with Crippen molar-refractivity contribution in [2.45, 2.75) is 11.6 Å². The average Bonchev–Trinajstić information content (AvgIpc) is 2.16. The van der Waals surface area contributed by atoms with Crippen LogP contribution in [0.5, 0.6) is 0 Å². The maximum atomic E-state index is 11.0. The van der Waals surface area contributed by atoms with Crippen LogP contribution in [0.15, 0.2) is 24.4 Å². The van der Waals surface area contributed by atoms with Crippen molar-refractivity contribution < 1.29 is 28.9 Å². The van der Waals surface area contributed by atoms with Gasteiger partial charge in [-0.3, -0.25) is 4.57 Å².